The third-order valence-electron chi connectivity index (χ3n) is 3.88. The van der Waals surface area contributed by atoms with Gasteiger partial charge in [-0.15, -0.1) is 0 Å². The minimum atomic E-state index is -1.10. The maximum absolute atomic E-state index is 11.4. The first kappa shape index (κ1) is 18.0. The molecule has 0 spiro atoms. The summed E-state index contributed by atoms with van der Waals surface area (Å²) >= 11 is 3.41. The summed E-state index contributed by atoms with van der Waals surface area (Å²) in [7, 11) is 0. The van der Waals surface area contributed by atoms with Gasteiger partial charge in [-0.1, -0.05) is 28.1 Å². The highest BCUT2D eigenvalue weighted by Gasteiger charge is 2.37. The molecule has 1 aromatic rings. The van der Waals surface area contributed by atoms with Crippen molar-refractivity contribution in [2.24, 2.45) is 5.92 Å². The Balaban J connectivity index is 2.38. The molecular formula is C17H21BrO5. The largest absolute Gasteiger partial charge is 0.475 e. The minimum Gasteiger partial charge on any atom is -0.475 e. The van der Waals surface area contributed by atoms with Crippen molar-refractivity contribution in [2.75, 3.05) is 13.2 Å². The number of aliphatic hydroxyl groups is 1. The van der Waals surface area contributed by atoms with Crippen molar-refractivity contribution in [1.82, 2.24) is 0 Å². The van der Waals surface area contributed by atoms with E-state index in [9.17, 15) is 9.90 Å². The van der Waals surface area contributed by atoms with Crippen LogP contribution < -0.4 is 0 Å². The zero-order valence-electron chi connectivity index (χ0n) is 12.9. The van der Waals surface area contributed by atoms with E-state index in [-0.39, 0.29) is 24.2 Å². The molecular weight excluding hydrogens is 364 g/mol. The number of allylic oxidation sites excluding steroid dienone is 1. The normalized spacial score (nSPS) is 24.0. The van der Waals surface area contributed by atoms with Crippen LogP contribution in [-0.4, -0.2) is 35.7 Å². The highest BCUT2D eigenvalue weighted by Crippen LogP contribution is 2.39. The van der Waals surface area contributed by atoms with Gasteiger partial charge >= 0.3 is 5.97 Å². The topological polar surface area (TPSA) is 76.0 Å². The van der Waals surface area contributed by atoms with Crippen LogP contribution in [0.5, 0.6) is 0 Å². The molecule has 0 saturated carbocycles. The van der Waals surface area contributed by atoms with Gasteiger partial charge in [-0.25, -0.2) is 4.79 Å². The first-order valence-electron chi connectivity index (χ1n) is 7.66. The van der Waals surface area contributed by atoms with Gasteiger partial charge in [-0.05, 0) is 43.5 Å². The number of halogens is 1. The van der Waals surface area contributed by atoms with Crippen molar-refractivity contribution in [3.63, 3.8) is 0 Å². The van der Waals surface area contributed by atoms with Crippen LogP contribution >= 0.6 is 15.9 Å². The van der Waals surface area contributed by atoms with Gasteiger partial charge in [0.1, 0.15) is 0 Å². The standard InChI is InChI=1S/C17H21BrO5/c1-2-22-17-13(4-3-9-19)14(10-15(23-17)16(20)21)11-5-7-12(18)8-6-11/h5-8,10,13-14,17,19H,2-4,9H2,1H3,(H,20,21)/t13-,14+,17+/m1/s1. The SMILES string of the molecule is CCO[C@H]1OC(C(=O)O)=C[C@@H](c2ccc(Br)cc2)[C@H]1CCCO. The average Bonchev–Trinajstić information content (AvgIpc) is 2.54. The van der Waals surface area contributed by atoms with Gasteiger partial charge in [0.05, 0.1) is 0 Å². The molecule has 1 aliphatic rings. The Kier molecular flexibility index (Phi) is 6.62. The number of aliphatic hydroxyl groups excluding tert-OH is 1. The monoisotopic (exact) mass is 384 g/mol. The van der Waals surface area contributed by atoms with Crippen molar-refractivity contribution in [2.45, 2.75) is 32.0 Å². The van der Waals surface area contributed by atoms with Crippen molar-refractivity contribution < 1.29 is 24.5 Å². The van der Waals surface area contributed by atoms with E-state index < -0.39 is 12.3 Å². The number of rotatable bonds is 7. The van der Waals surface area contributed by atoms with Crippen LogP contribution in [0.4, 0.5) is 0 Å². The van der Waals surface area contributed by atoms with E-state index in [0.717, 1.165) is 10.0 Å². The van der Waals surface area contributed by atoms with Crippen LogP contribution in [0.3, 0.4) is 0 Å². The maximum Gasteiger partial charge on any atom is 0.370 e. The first-order chi connectivity index (χ1) is 11.1. The number of benzene rings is 1. The summed E-state index contributed by atoms with van der Waals surface area (Å²) in [6, 6.07) is 7.78. The van der Waals surface area contributed by atoms with Crippen LogP contribution in [0.25, 0.3) is 0 Å². The molecule has 1 aliphatic heterocycles. The summed E-state index contributed by atoms with van der Waals surface area (Å²) in [5, 5.41) is 18.4. The number of hydrogen-bond donors (Lipinski definition) is 2. The second-order valence-electron chi connectivity index (χ2n) is 5.38. The van der Waals surface area contributed by atoms with E-state index >= 15 is 0 Å². The fourth-order valence-electron chi connectivity index (χ4n) is 2.82. The first-order valence-corrected chi connectivity index (χ1v) is 8.45. The fourth-order valence-corrected chi connectivity index (χ4v) is 3.09. The lowest BCUT2D eigenvalue weighted by molar-refractivity contribution is -0.173. The molecule has 0 unspecified atom stereocenters. The highest BCUT2D eigenvalue weighted by molar-refractivity contribution is 9.10. The van der Waals surface area contributed by atoms with Gasteiger partial charge in [0.25, 0.3) is 0 Å². The van der Waals surface area contributed by atoms with Gasteiger partial charge in [-0.2, -0.15) is 0 Å². The van der Waals surface area contributed by atoms with Crippen LogP contribution in [-0.2, 0) is 14.3 Å². The predicted molar refractivity (Wildman–Crippen MR) is 88.9 cm³/mol. The summed E-state index contributed by atoms with van der Waals surface area (Å²) in [4.78, 5) is 11.4. The van der Waals surface area contributed by atoms with Crippen molar-refractivity contribution in [3.8, 4) is 0 Å². The third kappa shape index (κ3) is 4.56. The highest BCUT2D eigenvalue weighted by atomic mass is 79.9. The van der Waals surface area contributed by atoms with E-state index in [1.807, 2.05) is 31.2 Å². The van der Waals surface area contributed by atoms with Gasteiger partial charge in [0, 0.05) is 29.5 Å². The quantitative estimate of drug-likeness (QED) is 0.754. The average molecular weight is 385 g/mol. The number of carboxylic acid groups (broad SMARTS) is 1. The Hall–Kier alpha value is -1.37. The van der Waals surface area contributed by atoms with Crippen molar-refractivity contribution in [1.29, 1.82) is 0 Å². The smallest absolute Gasteiger partial charge is 0.370 e. The fraction of sp³-hybridized carbons (Fsp3) is 0.471. The Labute approximate surface area is 144 Å². The summed E-state index contributed by atoms with van der Waals surface area (Å²) in [6.45, 7) is 2.36. The molecule has 0 saturated heterocycles. The number of carbonyl (C=O) groups is 1. The van der Waals surface area contributed by atoms with Crippen LogP contribution in [0.15, 0.2) is 40.6 Å². The maximum atomic E-state index is 11.4. The number of carboxylic acids is 1. The van der Waals surface area contributed by atoms with E-state index in [1.165, 1.54) is 0 Å². The number of aliphatic carboxylic acids is 1. The second-order valence-corrected chi connectivity index (χ2v) is 6.30. The van der Waals surface area contributed by atoms with Crippen LogP contribution in [0, 0.1) is 5.92 Å². The van der Waals surface area contributed by atoms with E-state index in [4.69, 9.17) is 14.6 Å². The Bertz CT molecular complexity index is 555. The lowest BCUT2D eigenvalue weighted by atomic mass is 9.80. The molecule has 23 heavy (non-hydrogen) atoms. The van der Waals surface area contributed by atoms with Crippen LogP contribution in [0.1, 0.15) is 31.2 Å². The Morgan fingerprint density at radius 2 is 2.04 bits per heavy atom. The molecule has 6 heteroatoms. The lowest BCUT2D eigenvalue weighted by Gasteiger charge is -2.36. The number of hydrogen-bond acceptors (Lipinski definition) is 4. The molecule has 0 fully saturated rings. The van der Waals surface area contributed by atoms with E-state index in [1.54, 1.807) is 6.08 Å². The lowest BCUT2D eigenvalue weighted by Crippen LogP contribution is -2.36. The van der Waals surface area contributed by atoms with Crippen LogP contribution in [0.2, 0.25) is 0 Å². The van der Waals surface area contributed by atoms with E-state index in [0.29, 0.717) is 19.4 Å². The van der Waals surface area contributed by atoms with E-state index in [2.05, 4.69) is 15.9 Å². The molecule has 5 nitrogen and oxygen atoms in total. The molecule has 0 radical (unpaired) electrons. The Morgan fingerprint density at radius 3 is 2.61 bits per heavy atom. The molecule has 0 aliphatic carbocycles. The molecule has 0 aromatic heterocycles. The third-order valence-corrected chi connectivity index (χ3v) is 4.41. The van der Waals surface area contributed by atoms with Gasteiger partial charge < -0.3 is 19.7 Å². The summed E-state index contributed by atoms with van der Waals surface area (Å²) in [5.74, 6) is -1.37. The Morgan fingerprint density at radius 1 is 1.35 bits per heavy atom. The molecule has 126 valence electrons. The molecule has 2 rings (SSSR count). The van der Waals surface area contributed by atoms with Crippen molar-refractivity contribution >= 4 is 21.9 Å². The molecule has 1 aromatic carbocycles. The zero-order valence-corrected chi connectivity index (χ0v) is 14.5. The molecule has 3 atom stereocenters. The molecule has 0 bridgehead atoms. The summed E-state index contributed by atoms with van der Waals surface area (Å²) in [5.41, 5.74) is 1.00. The van der Waals surface area contributed by atoms with Gasteiger partial charge in [-0.3, -0.25) is 0 Å². The molecule has 0 amide bonds. The molecule has 2 N–H and O–H groups in total. The predicted octanol–water partition coefficient (Wildman–Crippen LogP) is 3.28. The minimum absolute atomic E-state index is 0.0497. The summed E-state index contributed by atoms with van der Waals surface area (Å²) in [6.07, 6.45) is 2.31. The van der Waals surface area contributed by atoms with Gasteiger partial charge in [0.2, 0.25) is 12.0 Å². The van der Waals surface area contributed by atoms with Gasteiger partial charge in [0.15, 0.2) is 0 Å². The van der Waals surface area contributed by atoms with Crippen molar-refractivity contribution in [3.05, 3.63) is 46.1 Å². The summed E-state index contributed by atoms with van der Waals surface area (Å²) < 4.78 is 12.1. The molecule has 1 heterocycles. The second kappa shape index (κ2) is 8.47. The number of ether oxygens (including phenoxy) is 2. The zero-order chi connectivity index (χ0) is 16.8.